The molecule has 0 aliphatic carbocycles. The lowest BCUT2D eigenvalue weighted by molar-refractivity contribution is -0.00136. The van der Waals surface area contributed by atoms with Gasteiger partial charge in [0.15, 0.2) is 0 Å². The van der Waals surface area contributed by atoms with Crippen LogP contribution in [0.4, 0.5) is 0 Å². The van der Waals surface area contributed by atoms with E-state index in [1.807, 2.05) is 31.2 Å². The second kappa shape index (κ2) is 5.28. The first-order chi connectivity index (χ1) is 9.24. The third kappa shape index (κ3) is 2.63. The largest absolute Gasteiger partial charge is 0.375 e. The van der Waals surface area contributed by atoms with Crippen LogP contribution in [0, 0.1) is 0 Å². The fraction of sp³-hybridized carbons (Fsp3) is 0.385. The summed E-state index contributed by atoms with van der Waals surface area (Å²) in [6, 6.07) is 7.32. The van der Waals surface area contributed by atoms with Crippen LogP contribution >= 0.6 is 11.6 Å². The van der Waals surface area contributed by atoms with Gasteiger partial charge in [0.25, 0.3) is 0 Å². The zero-order valence-electron chi connectivity index (χ0n) is 10.5. The number of hydrogen-bond donors (Lipinski definition) is 1. The molecule has 1 aliphatic rings. The minimum absolute atomic E-state index is 0.0152. The van der Waals surface area contributed by atoms with E-state index in [-0.39, 0.29) is 12.1 Å². The molecule has 0 bridgehead atoms. The van der Waals surface area contributed by atoms with E-state index < -0.39 is 0 Å². The minimum Gasteiger partial charge on any atom is -0.375 e. The normalized spacial score (nSPS) is 23.5. The standard InChI is InChI=1S/C13H14ClN3O2/c1-8-11(15-5-6-18-8)13-16-12(17-19-13)9-3-2-4-10(14)7-9/h2-4,7-8,11,15H,5-6H2,1H3/t8-,11+/m1/s1. The topological polar surface area (TPSA) is 60.2 Å². The van der Waals surface area contributed by atoms with Crippen molar-refractivity contribution in [2.24, 2.45) is 0 Å². The SMILES string of the molecule is C[C@H]1OCCN[C@@H]1c1nc(-c2cccc(Cl)c2)no1. The molecule has 0 saturated carbocycles. The second-order valence-corrected chi connectivity index (χ2v) is 4.91. The molecule has 0 unspecified atom stereocenters. The summed E-state index contributed by atoms with van der Waals surface area (Å²) < 4.78 is 10.9. The fourth-order valence-electron chi connectivity index (χ4n) is 2.12. The Labute approximate surface area is 115 Å². The number of nitrogens with one attached hydrogen (secondary N) is 1. The molecule has 1 fully saturated rings. The predicted octanol–water partition coefficient (Wildman–Crippen LogP) is 2.44. The van der Waals surface area contributed by atoms with Crippen molar-refractivity contribution in [1.82, 2.24) is 15.5 Å². The summed E-state index contributed by atoms with van der Waals surface area (Å²) in [7, 11) is 0. The van der Waals surface area contributed by atoms with Crippen molar-refractivity contribution >= 4 is 11.6 Å². The summed E-state index contributed by atoms with van der Waals surface area (Å²) in [4.78, 5) is 4.42. The van der Waals surface area contributed by atoms with E-state index in [1.54, 1.807) is 0 Å². The molecule has 6 heteroatoms. The van der Waals surface area contributed by atoms with Gasteiger partial charge >= 0.3 is 0 Å². The van der Waals surface area contributed by atoms with Crippen molar-refractivity contribution < 1.29 is 9.26 Å². The van der Waals surface area contributed by atoms with Gasteiger partial charge in [-0.15, -0.1) is 0 Å². The lowest BCUT2D eigenvalue weighted by Gasteiger charge is -2.27. The van der Waals surface area contributed by atoms with Crippen LogP contribution in [-0.2, 0) is 4.74 Å². The quantitative estimate of drug-likeness (QED) is 0.915. The lowest BCUT2D eigenvalue weighted by atomic mass is 10.1. The number of morpholine rings is 1. The highest BCUT2D eigenvalue weighted by Gasteiger charge is 2.28. The average Bonchev–Trinajstić information content (AvgIpc) is 2.89. The second-order valence-electron chi connectivity index (χ2n) is 4.47. The van der Waals surface area contributed by atoms with Crippen LogP contribution in [0.1, 0.15) is 18.9 Å². The molecule has 100 valence electrons. The molecular weight excluding hydrogens is 266 g/mol. The van der Waals surface area contributed by atoms with Gasteiger partial charge in [0.05, 0.1) is 12.7 Å². The van der Waals surface area contributed by atoms with Gasteiger partial charge in [-0.2, -0.15) is 4.98 Å². The van der Waals surface area contributed by atoms with E-state index in [2.05, 4.69) is 15.5 Å². The summed E-state index contributed by atoms with van der Waals surface area (Å²) in [6.07, 6.45) is 0.0152. The molecule has 2 atom stereocenters. The Balaban J connectivity index is 1.86. The van der Waals surface area contributed by atoms with Crippen molar-refractivity contribution in [2.75, 3.05) is 13.2 Å². The average molecular weight is 280 g/mol. The van der Waals surface area contributed by atoms with Gasteiger partial charge < -0.3 is 14.6 Å². The van der Waals surface area contributed by atoms with Gasteiger partial charge in [-0.3, -0.25) is 0 Å². The summed E-state index contributed by atoms with van der Waals surface area (Å²) in [6.45, 7) is 3.47. The number of ether oxygens (including phenoxy) is 1. The van der Waals surface area contributed by atoms with E-state index in [1.165, 1.54) is 0 Å². The third-order valence-corrected chi connectivity index (χ3v) is 3.34. The molecule has 2 heterocycles. The maximum Gasteiger partial charge on any atom is 0.246 e. The van der Waals surface area contributed by atoms with Crippen LogP contribution in [0.25, 0.3) is 11.4 Å². The van der Waals surface area contributed by atoms with Gasteiger partial charge in [-0.1, -0.05) is 28.9 Å². The van der Waals surface area contributed by atoms with Gasteiger partial charge in [-0.05, 0) is 19.1 Å². The van der Waals surface area contributed by atoms with E-state index in [4.69, 9.17) is 20.9 Å². The predicted molar refractivity (Wildman–Crippen MR) is 70.9 cm³/mol. The Morgan fingerprint density at radius 3 is 3.11 bits per heavy atom. The Morgan fingerprint density at radius 1 is 1.42 bits per heavy atom. The molecule has 2 aromatic rings. The number of hydrogen-bond acceptors (Lipinski definition) is 5. The molecule has 1 aliphatic heterocycles. The van der Waals surface area contributed by atoms with E-state index in [0.717, 1.165) is 12.1 Å². The van der Waals surface area contributed by atoms with Gasteiger partial charge in [0.1, 0.15) is 6.04 Å². The van der Waals surface area contributed by atoms with Crippen molar-refractivity contribution in [3.63, 3.8) is 0 Å². The maximum absolute atomic E-state index is 5.95. The van der Waals surface area contributed by atoms with Crippen molar-refractivity contribution in [3.8, 4) is 11.4 Å². The molecule has 1 N–H and O–H groups in total. The van der Waals surface area contributed by atoms with Gasteiger partial charge in [0, 0.05) is 17.1 Å². The molecule has 19 heavy (non-hydrogen) atoms. The molecule has 0 amide bonds. The Kier molecular flexibility index (Phi) is 3.50. The van der Waals surface area contributed by atoms with Crippen molar-refractivity contribution in [3.05, 3.63) is 35.2 Å². The van der Waals surface area contributed by atoms with Crippen molar-refractivity contribution in [1.29, 1.82) is 0 Å². The molecule has 1 aromatic carbocycles. The first kappa shape index (κ1) is 12.6. The molecule has 0 spiro atoms. The molecule has 5 nitrogen and oxygen atoms in total. The van der Waals surface area contributed by atoms with E-state index in [9.17, 15) is 0 Å². The number of benzene rings is 1. The number of nitrogens with zero attached hydrogens (tertiary/aromatic N) is 2. The molecular formula is C13H14ClN3O2. The maximum atomic E-state index is 5.95. The van der Waals surface area contributed by atoms with Crippen LogP contribution < -0.4 is 5.32 Å². The summed E-state index contributed by atoms with van der Waals surface area (Å²) in [5.74, 6) is 1.08. The monoisotopic (exact) mass is 279 g/mol. The molecule has 1 saturated heterocycles. The molecule has 0 radical (unpaired) electrons. The zero-order valence-corrected chi connectivity index (χ0v) is 11.2. The Bertz CT molecular complexity index is 573. The minimum atomic E-state index is -0.0609. The first-order valence-electron chi connectivity index (χ1n) is 6.18. The smallest absolute Gasteiger partial charge is 0.246 e. The van der Waals surface area contributed by atoms with Crippen LogP contribution in [0.15, 0.2) is 28.8 Å². The number of halogens is 1. The van der Waals surface area contributed by atoms with Crippen LogP contribution in [0.5, 0.6) is 0 Å². The fourth-order valence-corrected chi connectivity index (χ4v) is 2.31. The molecule has 3 rings (SSSR count). The lowest BCUT2D eigenvalue weighted by Crippen LogP contribution is -2.40. The summed E-state index contributed by atoms with van der Waals surface area (Å²) in [5.41, 5.74) is 0.840. The number of aromatic nitrogens is 2. The molecule has 1 aromatic heterocycles. The van der Waals surface area contributed by atoms with Crippen LogP contribution in [-0.4, -0.2) is 29.4 Å². The van der Waals surface area contributed by atoms with E-state index >= 15 is 0 Å². The van der Waals surface area contributed by atoms with Gasteiger partial charge in [0.2, 0.25) is 11.7 Å². The van der Waals surface area contributed by atoms with Crippen LogP contribution in [0.3, 0.4) is 0 Å². The highest BCUT2D eigenvalue weighted by atomic mass is 35.5. The third-order valence-electron chi connectivity index (χ3n) is 3.11. The Morgan fingerprint density at radius 2 is 2.32 bits per heavy atom. The highest BCUT2D eigenvalue weighted by molar-refractivity contribution is 6.30. The van der Waals surface area contributed by atoms with E-state index in [0.29, 0.717) is 23.3 Å². The summed E-state index contributed by atoms with van der Waals surface area (Å²) >= 11 is 5.95. The van der Waals surface area contributed by atoms with Crippen molar-refractivity contribution in [2.45, 2.75) is 19.1 Å². The summed E-state index contributed by atoms with van der Waals surface area (Å²) in [5, 5.41) is 7.96. The number of rotatable bonds is 2. The first-order valence-corrected chi connectivity index (χ1v) is 6.56. The zero-order chi connectivity index (χ0) is 13.2. The Hall–Kier alpha value is -1.43. The van der Waals surface area contributed by atoms with Gasteiger partial charge in [-0.25, -0.2) is 0 Å². The van der Waals surface area contributed by atoms with Crippen LogP contribution in [0.2, 0.25) is 5.02 Å². The highest BCUT2D eigenvalue weighted by Crippen LogP contribution is 2.24.